The molecular weight excluding hydrogens is 350 g/mol. The number of rotatable bonds is 6. The second-order valence-electron chi connectivity index (χ2n) is 7.04. The van der Waals surface area contributed by atoms with Crippen molar-refractivity contribution in [2.75, 3.05) is 6.54 Å². The number of fused-ring (bicyclic) bond motifs is 1. The van der Waals surface area contributed by atoms with Crippen LogP contribution in [-0.2, 0) is 11.3 Å². The molecular formula is C23H25N3O2. The van der Waals surface area contributed by atoms with Gasteiger partial charge < -0.3 is 9.88 Å². The second-order valence-corrected chi connectivity index (χ2v) is 7.04. The maximum atomic E-state index is 12.6. The number of hydrogen-bond donors (Lipinski definition) is 1. The molecule has 3 rings (SSSR count). The van der Waals surface area contributed by atoms with Gasteiger partial charge in [0.15, 0.2) is 0 Å². The number of nitrogens with zero attached hydrogens (tertiary/aromatic N) is 2. The lowest BCUT2D eigenvalue weighted by Gasteiger charge is -2.18. The fourth-order valence-electron chi connectivity index (χ4n) is 3.00. The molecule has 28 heavy (non-hydrogen) atoms. The van der Waals surface area contributed by atoms with Crippen molar-refractivity contribution in [2.45, 2.75) is 33.2 Å². The summed E-state index contributed by atoms with van der Waals surface area (Å²) in [5.41, 5.74) is 2.69. The Bertz CT molecular complexity index is 1050. The van der Waals surface area contributed by atoms with Gasteiger partial charge in [-0.25, -0.2) is 4.98 Å². The van der Waals surface area contributed by atoms with E-state index >= 15 is 0 Å². The smallest absolute Gasteiger partial charge is 0.258 e. The number of nitrogens with one attached hydrogen (secondary N) is 1. The first kappa shape index (κ1) is 19.5. The van der Waals surface area contributed by atoms with E-state index < -0.39 is 0 Å². The Morgan fingerprint density at radius 1 is 1.14 bits per heavy atom. The van der Waals surface area contributed by atoms with Crippen LogP contribution in [0.25, 0.3) is 17.0 Å². The number of amides is 1. The lowest BCUT2D eigenvalue weighted by Crippen LogP contribution is -2.30. The highest BCUT2D eigenvalue weighted by atomic mass is 16.2. The zero-order chi connectivity index (χ0) is 20.1. The standard InChI is InChI=1S/C23H25N3O2/c1-4-26(15-21-24-20-8-6-5-7-19(20)23(28)25-21)22(27)14-11-17-9-12-18(13-10-17)16(2)3/h5-14,16H,4,15H2,1-3H3,(H,24,25,28). The van der Waals surface area contributed by atoms with Gasteiger partial charge in [0.1, 0.15) is 5.82 Å². The van der Waals surface area contributed by atoms with Gasteiger partial charge in [-0.05, 0) is 42.2 Å². The van der Waals surface area contributed by atoms with Gasteiger partial charge in [-0.2, -0.15) is 0 Å². The van der Waals surface area contributed by atoms with Crippen molar-refractivity contribution in [3.8, 4) is 0 Å². The number of benzene rings is 2. The van der Waals surface area contributed by atoms with E-state index in [1.165, 1.54) is 5.56 Å². The third-order valence-electron chi connectivity index (χ3n) is 4.72. The molecule has 0 spiro atoms. The summed E-state index contributed by atoms with van der Waals surface area (Å²) in [7, 11) is 0. The van der Waals surface area contributed by atoms with E-state index in [1.54, 1.807) is 29.2 Å². The summed E-state index contributed by atoms with van der Waals surface area (Å²) in [6.45, 7) is 6.98. The molecule has 0 radical (unpaired) electrons. The maximum Gasteiger partial charge on any atom is 0.258 e. The Morgan fingerprint density at radius 2 is 1.86 bits per heavy atom. The van der Waals surface area contributed by atoms with E-state index in [0.29, 0.717) is 29.2 Å². The van der Waals surface area contributed by atoms with E-state index in [0.717, 1.165) is 5.56 Å². The predicted molar refractivity (Wildman–Crippen MR) is 113 cm³/mol. The third-order valence-corrected chi connectivity index (χ3v) is 4.72. The summed E-state index contributed by atoms with van der Waals surface area (Å²) in [5.74, 6) is 0.840. The first-order valence-corrected chi connectivity index (χ1v) is 9.52. The zero-order valence-electron chi connectivity index (χ0n) is 16.5. The molecule has 144 valence electrons. The summed E-state index contributed by atoms with van der Waals surface area (Å²) in [6.07, 6.45) is 3.37. The zero-order valence-corrected chi connectivity index (χ0v) is 16.5. The number of carbonyl (C=O) groups excluding carboxylic acids is 1. The molecule has 1 heterocycles. The Kier molecular flexibility index (Phi) is 6.04. The fraction of sp³-hybridized carbons (Fsp3) is 0.261. The second kappa shape index (κ2) is 8.65. The first-order valence-electron chi connectivity index (χ1n) is 9.52. The van der Waals surface area contributed by atoms with E-state index in [4.69, 9.17) is 0 Å². The van der Waals surface area contributed by atoms with Crippen LogP contribution in [0.15, 0.2) is 59.4 Å². The molecule has 0 aliphatic rings. The summed E-state index contributed by atoms with van der Waals surface area (Å²) in [4.78, 5) is 33.7. The largest absolute Gasteiger partial charge is 0.332 e. The maximum absolute atomic E-state index is 12.6. The quantitative estimate of drug-likeness (QED) is 0.660. The minimum Gasteiger partial charge on any atom is -0.332 e. The molecule has 0 saturated carbocycles. The van der Waals surface area contributed by atoms with Crippen LogP contribution in [0.4, 0.5) is 0 Å². The van der Waals surface area contributed by atoms with Crippen molar-refractivity contribution in [3.63, 3.8) is 0 Å². The van der Waals surface area contributed by atoms with Gasteiger partial charge in [0, 0.05) is 12.6 Å². The van der Waals surface area contributed by atoms with Crippen molar-refractivity contribution in [2.24, 2.45) is 0 Å². The molecule has 0 fully saturated rings. The monoisotopic (exact) mass is 375 g/mol. The molecule has 2 aromatic carbocycles. The number of likely N-dealkylation sites (N-methyl/N-ethyl adjacent to an activating group) is 1. The minimum absolute atomic E-state index is 0.119. The van der Waals surface area contributed by atoms with Gasteiger partial charge in [0.25, 0.3) is 5.56 Å². The fourth-order valence-corrected chi connectivity index (χ4v) is 3.00. The Hall–Kier alpha value is -3.21. The van der Waals surface area contributed by atoms with Crippen LogP contribution in [0.3, 0.4) is 0 Å². The number of H-pyrrole nitrogens is 1. The van der Waals surface area contributed by atoms with E-state index in [1.807, 2.05) is 31.2 Å². The first-order chi connectivity index (χ1) is 13.5. The van der Waals surface area contributed by atoms with Gasteiger partial charge in [0.05, 0.1) is 17.4 Å². The molecule has 1 amide bonds. The van der Waals surface area contributed by atoms with Gasteiger partial charge >= 0.3 is 0 Å². The van der Waals surface area contributed by atoms with Gasteiger partial charge in [-0.15, -0.1) is 0 Å². The molecule has 1 N–H and O–H groups in total. The van der Waals surface area contributed by atoms with Crippen molar-refractivity contribution in [1.82, 2.24) is 14.9 Å². The number of aromatic amines is 1. The number of aromatic nitrogens is 2. The van der Waals surface area contributed by atoms with Gasteiger partial charge in [-0.1, -0.05) is 50.2 Å². The molecule has 0 aliphatic heterocycles. The molecule has 0 atom stereocenters. The van der Waals surface area contributed by atoms with Crippen molar-refractivity contribution >= 4 is 22.9 Å². The lowest BCUT2D eigenvalue weighted by atomic mass is 10.0. The molecule has 0 unspecified atom stereocenters. The van der Waals surface area contributed by atoms with Crippen molar-refractivity contribution < 1.29 is 4.79 Å². The van der Waals surface area contributed by atoms with E-state index in [9.17, 15) is 9.59 Å². The van der Waals surface area contributed by atoms with E-state index in [-0.39, 0.29) is 18.0 Å². The third kappa shape index (κ3) is 4.55. The van der Waals surface area contributed by atoms with Crippen molar-refractivity contribution in [1.29, 1.82) is 0 Å². The number of carbonyl (C=O) groups is 1. The van der Waals surface area contributed by atoms with Crippen molar-refractivity contribution in [3.05, 3.63) is 81.9 Å². The van der Waals surface area contributed by atoms with Crippen LogP contribution in [0.1, 0.15) is 43.6 Å². The molecule has 0 aliphatic carbocycles. The van der Waals surface area contributed by atoms with E-state index in [2.05, 4.69) is 35.9 Å². The average Bonchev–Trinajstić information content (AvgIpc) is 2.70. The minimum atomic E-state index is -0.190. The Balaban J connectivity index is 1.74. The summed E-state index contributed by atoms with van der Waals surface area (Å²) in [6, 6.07) is 15.4. The van der Waals surface area contributed by atoms with Gasteiger partial charge in [0.2, 0.25) is 5.91 Å². The highest BCUT2D eigenvalue weighted by molar-refractivity contribution is 5.91. The van der Waals surface area contributed by atoms with Crippen LogP contribution >= 0.6 is 0 Å². The van der Waals surface area contributed by atoms with Crippen LogP contribution in [0.2, 0.25) is 0 Å². The van der Waals surface area contributed by atoms with Crippen LogP contribution in [0.5, 0.6) is 0 Å². The molecule has 0 bridgehead atoms. The van der Waals surface area contributed by atoms with Crippen LogP contribution in [-0.4, -0.2) is 27.3 Å². The highest BCUT2D eigenvalue weighted by Gasteiger charge is 2.12. The topological polar surface area (TPSA) is 66.1 Å². The lowest BCUT2D eigenvalue weighted by molar-refractivity contribution is -0.126. The summed E-state index contributed by atoms with van der Waals surface area (Å²) in [5, 5.41) is 0.547. The summed E-state index contributed by atoms with van der Waals surface area (Å²) >= 11 is 0. The average molecular weight is 375 g/mol. The SMILES string of the molecule is CCN(Cc1nc2ccccc2c(=O)[nH]1)C(=O)C=Cc1ccc(C(C)C)cc1. The van der Waals surface area contributed by atoms with Crippen LogP contribution < -0.4 is 5.56 Å². The predicted octanol–water partition coefficient (Wildman–Crippen LogP) is 4.11. The normalized spacial score (nSPS) is 11.4. The molecule has 5 heteroatoms. The van der Waals surface area contributed by atoms with Gasteiger partial charge in [-0.3, -0.25) is 9.59 Å². The molecule has 0 saturated heterocycles. The Labute approximate surface area is 164 Å². The highest BCUT2D eigenvalue weighted by Crippen LogP contribution is 2.15. The van der Waals surface area contributed by atoms with Crippen LogP contribution in [0, 0.1) is 0 Å². The molecule has 3 aromatic rings. The Morgan fingerprint density at radius 3 is 2.54 bits per heavy atom. The molecule has 1 aromatic heterocycles. The number of para-hydroxylation sites is 1. The molecule has 5 nitrogen and oxygen atoms in total. The summed E-state index contributed by atoms with van der Waals surface area (Å²) < 4.78 is 0. The number of hydrogen-bond acceptors (Lipinski definition) is 3.